The first-order valence-electron chi connectivity index (χ1n) is 6.31. The van der Waals surface area contributed by atoms with E-state index in [1.165, 1.54) is 11.0 Å². The fourth-order valence-electron chi connectivity index (χ4n) is 2.98. The number of hydrogen-bond donors (Lipinski definition) is 1. The predicted molar refractivity (Wildman–Crippen MR) is 69.9 cm³/mol. The van der Waals surface area contributed by atoms with Gasteiger partial charge in [0.25, 0.3) is 0 Å². The van der Waals surface area contributed by atoms with E-state index in [4.69, 9.17) is 9.84 Å². The van der Waals surface area contributed by atoms with Crippen LogP contribution in [0.5, 0.6) is 0 Å². The molecule has 0 aromatic rings. The van der Waals surface area contributed by atoms with Crippen LogP contribution in [0, 0.1) is 11.8 Å². The zero-order valence-electron chi connectivity index (χ0n) is 10.9. The van der Waals surface area contributed by atoms with E-state index in [1.807, 2.05) is 0 Å². The lowest BCUT2D eigenvalue weighted by Crippen LogP contribution is -2.33. The molecular formula is C12H17NO6S. The molecule has 2 fully saturated rings. The Balaban J connectivity index is 2.09. The summed E-state index contributed by atoms with van der Waals surface area (Å²) in [7, 11) is -3.34. The fourth-order valence-corrected chi connectivity index (χ4v) is 5.44. The van der Waals surface area contributed by atoms with E-state index in [-0.39, 0.29) is 37.8 Å². The van der Waals surface area contributed by atoms with E-state index >= 15 is 0 Å². The van der Waals surface area contributed by atoms with Gasteiger partial charge in [0.1, 0.15) is 6.61 Å². The first kappa shape index (κ1) is 14.8. The van der Waals surface area contributed by atoms with Gasteiger partial charge in [-0.2, -0.15) is 0 Å². The van der Waals surface area contributed by atoms with Crippen molar-refractivity contribution in [2.45, 2.75) is 11.7 Å². The Morgan fingerprint density at radius 3 is 2.70 bits per heavy atom. The summed E-state index contributed by atoms with van der Waals surface area (Å²) in [5.41, 5.74) is 0. The van der Waals surface area contributed by atoms with Crippen LogP contribution >= 0.6 is 0 Å². The van der Waals surface area contributed by atoms with Crippen LogP contribution < -0.4 is 0 Å². The summed E-state index contributed by atoms with van der Waals surface area (Å²) < 4.78 is 28.9. The Bertz CT molecular complexity index is 528. The minimum Gasteiger partial charge on any atom is -0.481 e. The SMILES string of the molecule is C=CCOC(=O)N1C[C@H]2[C@H](CC(=O)O)CS(=O)(=O)[C@H]2C1. The molecule has 0 radical (unpaired) electrons. The minimum absolute atomic E-state index is 0.0654. The average molecular weight is 303 g/mol. The summed E-state index contributed by atoms with van der Waals surface area (Å²) in [5.74, 6) is -1.87. The van der Waals surface area contributed by atoms with Gasteiger partial charge in [-0.3, -0.25) is 4.79 Å². The highest BCUT2D eigenvalue weighted by Gasteiger charge is 2.53. The number of carboxylic acid groups (broad SMARTS) is 1. The number of nitrogens with zero attached hydrogens (tertiary/aromatic N) is 1. The molecule has 3 atom stereocenters. The van der Waals surface area contributed by atoms with Crippen molar-refractivity contribution in [1.29, 1.82) is 0 Å². The molecule has 2 aliphatic heterocycles. The number of carbonyl (C=O) groups is 2. The molecule has 112 valence electrons. The smallest absolute Gasteiger partial charge is 0.410 e. The van der Waals surface area contributed by atoms with Gasteiger partial charge in [0.15, 0.2) is 9.84 Å². The number of fused-ring (bicyclic) bond motifs is 1. The molecule has 2 rings (SSSR count). The summed E-state index contributed by atoms with van der Waals surface area (Å²) in [4.78, 5) is 23.9. The highest BCUT2D eigenvalue weighted by atomic mass is 32.2. The van der Waals surface area contributed by atoms with Gasteiger partial charge in [-0.05, 0) is 11.8 Å². The Morgan fingerprint density at radius 2 is 2.10 bits per heavy atom. The molecule has 0 aliphatic carbocycles. The molecule has 1 amide bonds. The molecule has 7 nitrogen and oxygen atoms in total. The number of aliphatic carboxylic acids is 1. The van der Waals surface area contributed by atoms with E-state index in [0.717, 1.165) is 0 Å². The molecule has 2 heterocycles. The Labute approximate surface area is 117 Å². The van der Waals surface area contributed by atoms with Gasteiger partial charge in [-0.1, -0.05) is 12.7 Å². The van der Waals surface area contributed by atoms with Gasteiger partial charge >= 0.3 is 12.1 Å². The lowest BCUT2D eigenvalue weighted by atomic mass is 9.91. The fraction of sp³-hybridized carbons (Fsp3) is 0.667. The molecule has 0 aromatic carbocycles. The second kappa shape index (κ2) is 5.43. The van der Waals surface area contributed by atoms with Crippen LogP contribution in [-0.2, 0) is 19.4 Å². The van der Waals surface area contributed by atoms with E-state index in [9.17, 15) is 18.0 Å². The zero-order valence-corrected chi connectivity index (χ0v) is 11.7. The van der Waals surface area contributed by atoms with Gasteiger partial charge < -0.3 is 14.7 Å². The lowest BCUT2D eigenvalue weighted by Gasteiger charge is -2.18. The van der Waals surface area contributed by atoms with Crippen LogP contribution in [0.4, 0.5) is 4.79 Å². The Hall–Kier alpha value is -1.57. The van der Waals surface area contributed by atoms with Crippen LogP contribution in [-0.4, -0.2) is 61.2 Å². The van der Waals surface area contributed by atoms with Crippen molar-refractivity contribution in [1.82, 2.24) is 4.90 Å². The summed E-state index contributed by atoms with van der Waals surface area (Å²) in [6.45, 7) is 3.81. The van der Waals surface area contributed by atoms with E-state index in [0.29, 0.717) is 0 Å². The third-order valence-corrected chi connectivity index (χ3v) is 6.16. The maximum atomic E-state index is 12.0. The van der Waals surface area contributed by atoms with Crippen molar-refractivity contribution in [3.05, 3.63) is 12.7 Å². The van der Waals surface area contributed by atoms with Gasteiger partial charge in [-0.25, -0.2) is 13.2 Å². The zero-order chi connectivity index (χ0) is 14.9. The Morgan fingerprint density at radius 1 is 1.40 bits per heavy atom. The molecule has 0 saturated carbocycles. The molecule has 0 bridgehead atoms. The standard InChI is InChI=1S/C12H17NO6S/c1-2-3-19-12(16)13-5-9-8(4-11(14)15)7-20(17,18)10(9)6-13/h2,8-10H,1,3-7H2,(H,14,15)/t8-,9+,10+/m1/s1. The van der Waals surface area contributed by atoms with Crippen LogP contribution in [0.2, 0.25) is 0 Å². The van der Waals surface area contributed by atoms with E-state index < -0.39 is 33.1 Å². The maximum absolute atomic E-state index is 12.0. The number of likely N-dealkylation sites (tertiary alicyclic amines) is 1. The van der Waals surface area contributed by atoms with Crippen LogP contribution in [0.1, 0.15) is 6.42 Å². The first-order chi connectivity index (χ1) is 9.35. The molecule has 1 N–H and O–H groups in total. The molecule has 8 heteroatoms. The van der Waals surface area contributed by atoms with Crippen LogP contribution in [0.25, 0.3) is 0 Å². The first-order valence-corrected chi connectivity index (χ1v) is 8.02. The number of sulfone groups is 1. The van der Waals surface area contributed by atoms with Crippen LogP contribution in [0.15, 0.2) is 12.7 Å². The molecule has 0 spiro atoms. The highest BCUT2D eigenvalue weighted by molar-refractivity contribution is 7.92. The number of carbonyl (C=O) groups excluding carboxylic acids is 1. The number of hydrogen-bond acceptors (Lipinski definition) is 5. The monoisotopic (exact) mass is 303 g/mol. The predicted octanol–water partition coefficient (Wildman–Crippen LogP) is 0.129. The summed E-state index contributed by atoms with van der Waals surface area (Å²) in [6.07, 6.45) is 0.665. The van der Waals surface area contributed by atoms with E-state index in [1.54, 1.807) is 0 Å². The topological polar surface area (TPSA) is 101 Å². The summed E-state index contributed by atoms with van der Waals surface area (Å²) in [5, 5.41) is 8.18. The molecule has 2 aliphatic rings. The van der Waals surface area contributed by atoms with Gasteiger partial charge in [0, 0.05) is 19.5 Å². The third-order valence-electron chi connectivity index (χ3n) is 3.84. The Kier molecular flexibility index (Phi) is 4.03. The van der Waals surface area contributed by atoms with E-state index in [2.05, 4.69) is 6.58 Å². The lowest BCUT2D eigenvalue weighted by molar-refractivity contribution is -0.138. The van der Waals surface area contributed by atoms with Gasteiger partial charge in [0.05, 0.1) is 11.0 Å². The van der Waals surface area contributed by atoms with Crippen molar-refractivity contribution >= 4 is 21.9 Å². The third kappa shape index (κ3) is 2.79. The largest absolute Gasteiger partial charge is 0.481 e. The number of rotatable bonds is 4. The maximum Gasteiger partial charge on any atom is 0.410 e. The van der Waals surface area contributed by atoms with Crippen molar-refractivity contribution < 1.29 is 27.9 Å². The van der Waals surface area contributed by atoms with Gasteiger partial charge in [-0.15, -0.1) is 0 Å². The number of amides is 1. The molecule has 0 aromatic heterocycles. The summed E-state index contributed by atoms with van der Waals surface area (Å²) in [6, 6.07) is 0. The molecule has 20 heavy (non-hydrogen) atoms. The van der Waals surface area contributed by atoms with Gasteiger partial charge in [0.2, 0.25) is 0 Å². The van der Waals surface area contributed by atoms with Crippen LogP contribution in [0.3, 0.4) is 0 Å². The molecule has 2 saturated heterocycles. The minimum atomic E-state index is -3.34. The average Bonchev–Trinajstić information content (AvgIpc) is 2.87. The number of carboxylic acids is 1. The summed E-state index contributed by atoms with van der Waals surface area (Å²) >= 11 is 0. The van der Waals surface area contributed by atoms with Crippen molar-refractivity contribution in [3.8, 4) is 0 Å². The number of ether oxygens (including phenoxy) is 1. The second-order valence-corrected chi connectivity index (χ2v) is 7.42. The molecule has 0 unspecified atom stereocenters. The van der Waals surface area contributed by atoms with Crippen molar-refractivity contribution in [3.63, 3.8) is 0 Å². The highest BCUT2D eigenvalue weighted by Crippen LogP contribution is 2.39. The quantitative estimate of drug-likeness (QED) is 0.741. The normalized spacial score (nSPS) is 30.8. The van der Waals surface area contributed by atoms with Crippen molar-refractivity contribution in [2.75, 3.05) is 25.4 Å². The van der Waals surface area contributed by atoms with Crippen molar-refractivity contribution in [2.24, 2.45) is 11.8 Å². The second-order valence-electron chi connectivity index (χ2n) is 5.16. The molecular weight excluding hydrogens is 286 g/mol.